The fourth-order valence-electron chi connectivity index (χ4n) is 2.89. The highest BCUT2D eigenvalue weighted by Crippen LogP contribution is 2.44. The van der Waals surface area contributed by atoms with Crippen LogP contribution >= 0.6 is 15.9 Å². The predicted molar refractivity (Wildman–Crippen MR) is 71.1 cm³/mol. The van der Waals surface area contributed by atoms with Crippen LogP contribution in [0.2, 0.25) is 0 Å². The molecular formula is C14H15BrO3. The molecule has 18 heavy (non-hydrogen) atoms. The lowest BCUT2D eigenvalue weighted by Gasteiger charge is -2.34. The minimum atomic E-state index is -0.627. The Balaban J connectivity index is 1.88. The van der Waals surface area contributed by atoms with Gasteiger partial charge in [-0.25, -0.2) is 0 Å². The minimum absolute atomic E-state index is 0.133. The Morgan fingerprint density at radius 1 is 1.39 bits per heavy atom. The van der Waals surface area contributed by atoms with Crippen molar-refractivity contribution >= 4 is 21.7 Å². The van der Waals surface area contributed by atoms with Crippen molar-refractivity contribution in [3.63, 3.8) is 0 Å². The van der Waals surface area contributed by atoms with Gasteiger partial charge in [0.15, 0.2) is 5.60 Å². The monoisotopic (exact) mass is 310 g/mol. The number of halogens is 1. The lowest BCUT2D eigenvalue weighted by atomic mass is 9.79. The van der Waals surface area contributed by atoms with Crippen LogP contribution in [0.4, 0.5) is 0 Å². The third-order valence-corrected chi connectivity index (χ3v) is 4.47. The molecule has 0 amide bonds. The van der Waals surface area contributed by atoms with Crippen molar-refractivity contribution in [3.05, 3.63) is 28.2 Å². The van der Waals surface area contributed by atoms with Gasteiger partial charge in [0.25, 0.3) is 0 Å². The van der Waals surface area contributed by atoms with Crippen LogP contribution in [0.5, 0.6) is 5.75 Å². The van der Waals surface area contributed by atoms with Gasteiger partial charge in [0.1, 0.15) is 5.75 Å². The molecule has 0 aromatic heterocycles. The molecule has 1 aliphatic heterocycles. The van der Waals surface area contributed by atoms with E-state index in [1.165, 1.54) is 0 Å². The van der Waals surface area contributed by atoms with Crippen LogP contribution in [0.1, 0.15) is 36.0 Å². The second-order valence-corrected chi connectivity index (χ2v) is 5.92. The summed E-state index contributed by atoms with van der Waals surface area (Å²) in [4.78, 5) is 12.5. The average Bonchev–Trinajstić information content (AvgIpc) is 2.65. The van der Waals surface area contributed by atoms with Crippen molar-refractivity contribution in [1.82, 2.24) is 0 Å². The second-order valence-electron chi connectivity index (χ2n) is 5.00. The largest absolute Gasteiger partial charge is 0.478 e. The molecule has 2 aliphatic rings. The zero-order valence-corrected chi connectivity index (χ0v) is 11.8. The van der Waals surface area contributed by atoms with Crippen molar-refractivity contribution < 1.29 is 14.3 Å². The quantitative estimate of drug-likeness (QED) is 0.798. The molecule has 3 nitrogen and oxygen atoms in total. The lowest BCUT2D eigenvalue weighted by molar-refractivity contribution is -0.00600. The van der Waals surface area contributed by atoms with E-state index < -0.39 is 5.60 Å². The number of hydrogen-bond acceptors (Lipinski definition) is 3. The maximum atomic E-state index is 12.5. The van der Waals surface area contributed by atoms with Crippen molar-refractivity contribution in [2.24, 2.45) is 0 Å². The van der Waals surface area contributed by atoms with Gasteiger partial charge in [0.2, 0.25) is 5.78 Å². The van der Waals surface area contributed by atoms with Crippen LogP contribution in [0.3, 0.4) is 0 Å². The van der Waals surface area contributed by atoms with E-state index in [1.54, 1.807) is 7.11 Å². The Labute approximate surface area is 115 Å². The first-order chi connectivity index (χ1) is 8.64. The highest BCUT2D eigenvalue weighted by molar-refractivity contribution is 9.10. The lowest BCUT2D eigenvalue weighted by Crippen LogP contribution is -2.44. The molecule has 0 unspecified atom stereocenters. The summed E-state index contributed by atoms with van der Waals surface area (Å²) >= 11 is 3.40. The summed E-state index contributed by atoms with van der Waals surface area (Å²) < 4.78 is 12.2. The van der Waals surface area contributed by atoms with E-state index in [-0.39, 0.29) is 11.9 Å². The molecule has 0 bridgehead atoms. The van der Waals surface area contributed by atoms with Crippen LogP contribution in [-0.4, -0.2) is 24.6 Å². The summed E-state index contributed by atoms with van der Waals surface area (Å²) in [6.45, 7) is 0. The topological polar surface area (TPSA) is 35.5 Å². The number of rotatable bonds is 1. The molecule has 0 N–H and O–H groups in total. The van der Waals surface area contributed by atoms with Gasteiger partial charge in [-0.3, -0.25) is 4.79 Å². The summed E-state index contributed by atoms with van der Waals surface area (Å²) in [6, 6.07) is 5.63. The molecule has 1 heterocycles. The normalized spacial score (nSPS) is 30.3. The van der Waals surface area contributed by atoms with Gasteiger partial charge >= 0.3 is 0 Å². The number of benzene rings is 1. The molecule has 96 valence electrons. The van der Waals surface area contributed by atoms with Crippen molar-refractivity contribution in [2.75, 3.05) is 7.11 Å². The second kappa shape index (κ2) is 4.35. The first kappa shape index (κ1) is 12.2. The molecule has 1 spiro atoms. The first-order valence-corrected chi connectivity index (χ1v) is 7.00. The fourth-order valence-corrected chi connectivity index (χ4v) is 3.25. The van der Waals surface area contributed by atoms with Gasteiger partial charge in [0, 0.05) is 11.6 Å². The van der Waals surface area contributed by atoms with E-state index in [9.17, 15) is 4.79 Å². The van der Waals surface area contributed by atoms with Crippen molar-refractivity contribution in [2.45, 2.75) is 37.4 Å². The van der Waals surface area contributed by atoms with Gasteiger partial charge in [0.05, 0.1) is 11.7 Å². The predicted octanol–water partition coefficient (Wildman–Crippen LogP) is 3.35. The molecule has 0 saturated heterocycles. The van der Waals surface area contributed by atoms with E-state index in [4.69, 9.17) is 9.47 Å². The number of Topliss-reactive ketones (excluding diaryl/α,β-unsaturated/α-hetero) is 1. The highest BCUT2D eigenvalue weighted by atomic mass is 79.9. The summed E-state index contributed by atoms with van der Waals surface area (Å²) in [5.41, 5.74) is 0.0817. The van der Waals surface area contributed by atoms with E-state index in [1.807, 2.05) is 18.2 Å². The number of carbonyl (C=O) groups excluding carboxylic acids is 1. The van der Waals surface area contributed by atoms with Gasteiger partial charge < -0.3 is 9.47 Å². The molecule has 4 heteroatoms. The smallest absolute Gasteiger partial charge is 0.210 e. The molecule has 1 aromatic carbocycles. The number of hydrogen-bond donors (Lipinski definition) is 0. The average molecular weight is 311 g/mol. The molecule has 1 aromatic rings. The maximum absolute atomic E-state index is 12.5. The summed E-state index contributed by atoms with van der Waals surface area (Å²) in [6.07, 6.45) is 3.53. The Morgan fingerprint density at radius 2 is 2.11 bits per heavy atom. The molecule has 3 rings (SSSR count). The number of methoxy groups -OCH3 is 1. The van der Waals surface area contributed by atoms with E-state index in [2.05, 4.69) is 15.9 Å². The molecular weight excluding hydrogens is 296 g/mol. The number of carbonyl (C=O) groups is 1. The Hall–Kier alpha value is -0.870. The van der Waals surface area contributed by atoms with Crippen LogP contribution in [0.15, 0.2) is 22.7 Å². The summed E-state index contributed by atoms with van der Waals surface area (Å²) in [5.74, 6) is 0.854. The highest BCUT2D eigenvalue weighted by Gasteiger charge is 2.49. The van der Waals surface area contributed by atoms with Gasteiger partial charge in [-0.1, -0.05) is 15.9 Å². The zero-order chi connectivity index (χ0) is 12.8. The molecule has 1 fully saturated rings. The van der Waals surface area contributed by atoms with E-state index in [0.717, 1.165) is 35.9 Å². The van der Waals surface area contributed by atoms with Gasteiger partial charge in [-0.05, 0) is 43.9 Å². The summed E-state index contributed by atoms with van der Waals surface area (Å²) in [7, 11) is 1.73. The standard InChI is InChI=1S/C14H15BrO3/c1-17-10-4-6-14(7-5-10)13(16)11-8-9(15)2-3-12(11)18-14/h2-3,8,10H,4-7H2,1H3/t10-,14-. The Kier molecular flexibility index (Phi) is 2.94. The molecule has 1 aliphatic carbocycles. The fraction of sp³-hybridized carbons (Fsp3) is 0.500. The zero-order valence-electron chi connectivity index (χ0n) is 10.2. The van der Waals surface area contributed by atoms with E-state index >= 15 is 0 Å². The van der Waals surface area contributed by atoms with Crippen LogP contribution in [0, 0.1) is 0 Å². The Bertz CT molecular complexity index is 490. The molecule has 0 atom stereocenters. The third kappa shape index (κ3) is 1.79. The van der Waals surface area contributed by atoms with Crippen LogP contribution in [0.25, 0.3) is 0 Å². The number of ketones is 1. The molecule has 1 saturated carbocycles. The van der Waals surface area contributed by atoms with E-state index in [0.29, 0.717) is 5.56 Å². The van der Waals surface area contributed by atoms with Crippen molar-refractivity contribution in [3.8, 4) is 5.75 Å². The number of fused-ring (bicyclic) bond motifs is 1. The van der Waals surface area contributed by atoms with Gasteiger partial charge in [-0.15, -0.1) is 0 Å². The Morgan fingerprint density at radius 3 is 2.78 bits per heavy atom. The van der Waals surface area contributed by atoms with Gasteiger partial charge in [-0.2, -0.15) is 0 Å². The third-order valence-electron chi connectivity index (χ3n) is 3.98. The molecule has 0 radical (unpaired) electrons. The van der Waals surface area contributed by atoms with Crippen LogP contribution < -0.4 is 4.74 Å². The van der Waals surface area contributed by atoms with Crippen LogP contribution in [-0.2, 0) is 4.74 Å². The number of ether oxygens (including phenoxy) is 2. The maximum Gasteiger partial charge on any atom is 0.210 e. The summed E-state index contributed by atoms with van der Waals surface area (Å²) in [5, 5.41) is 0. The first-order valence-electron chi connectivity index (χ1n) is 6.21. The minimum Gasteiger partial charge on any atom is -0.478 e. The SMILES string of the molecule is CO[C@H]1CC[C@@]2(CC1)Oc1ccc(Br)cc1C2=O. The van der Waals surface area contributed by atoms with Crippen molar-refractivity contribution in [1.29, 1.82) is 0 Å².